The minimum Gasteiger partial charge on any atom is -0.296 e. The number of aryl methyl sites for hydroxylation is 2. The van der Waals surface area contributed by atoms with E-state index in [1.54, 1.807) is 0 Å². The molecule has 3 aromatic rings. The molecule has 0 unspecified atom stereocenters. The maximum absolute atomic E-state index is 5.93. The van der Waals surface area contributed by atoms with E-state index in [-0.39, 0.29) is 0 Å². The van der Waals surface area contributed by atoms with E-state index in [1.165, 1.54) is 5.56 Å². The van der Waals surface area contributed by atoms with Gasteiger partial charge >= 0.3 is 0 Å². The minimum atomic E-state index is 0.568. The molecule has 0 radical (unpaired) electrons. The molecule has 0 fully saturated rings. The topological polar surface area (TPSA) is 17.8 Å². The lowest BCUT2D eigenvalue weighted by Crippen LogP contribution is -2.02. The van der Waals surface area contributed by atoms with Crippen LogP contribution in [-0.4, -0.2) is 15.4 Å². The highest BCUT2D eigenvalue weighted by Crippen LogP contribution is 2.25. The zero-order valence-corrected chi connectivity index (χ0v) is 13.4. The number of hydrogen-bond acceptors (Lipinski definition) is 1. The van der Waals surface area contributed by atoms with E-state index < -0.39 is 0 Å². The van der Waals surface area contributed by atoms with Crippen LogP contribution in [-0.2, 0) is 6.42 Å². The smallest absolute Gasteiger partial charge is 0.115 e. The van der Waals surface area contributed by atoms with Gasteiger partial charge in [0.05, 0.1) is 11.0 Å². The van der Waals surface area contributed by atoms with Crippen molar-refractivity contribution in [1.82, 2.24) is 9.55 Å². The monoisotopic (exact) mass is 348 g/mol. The second kappa shape index (κ2) is 5.58. The Morgan fingerprint density at radius 2 is 1.90 bits per heavy atom. The molecule has 0 aliphatic rings. The second-order valence-electron chi connectivity index (χ2n) is 4.72. The summed E-state index contributed by atoms with van der Waals surface area (Å²) in [4.78, 5) is 4.73. The molecule has 0 amide bonds. The van der Waals surface area contributed by atoms with Gasteiger partial charge in [0.25, 0.3) is 0 Å². The van der Waals surface area contributed by atoms with Crippen molar-refractivity contribution in [2.75, 3.05) is 5.88 Å². The standard InChI is InChI=1S/C16H14BrClN2/c1-11-3-2-4-14-16(11)20(15(19-14)9-10-18)13-7-5-12(17)6-8-13/h2-8H,9-10H2,1H3. The lowest BCUT2D eigenvalue weighted by molar-refractivity contribution is 0.910. The molecule has 0 spiro atoms. The molecular formula is C16H14BrClN2. The molecule has 0 saturated heterocycles. The Balaban J connectivity index is 2.30. The quantitative estimate of drug-likeness (QED) is 0.616. The van der Waals surface area contributed by atoms with Crippen molar-refractivity contribution < 1.29 is 0 Å². The summed E-state index contributed by atoms with van der Waals surface area (Å²) in [6, 6.07) is 14.5. The number of rotatable bonds is 3. The van der Waals surface area contributed by atoms with Gasteiger partial charge in [-0.2, -0.15) is 0 Å². The molecule has 1 heterocycles. The Morgan fingerprint density at radius 3 is 2.60 bits per heavy atom. The molecule has 1 aromatic heterocycles. The van der Waals surface area contributed by atoms with Crippen molar-refractivity contribution in [2.45, 2.75) is 13.3 Å². The summed E-state index contributed by atoms with van der Waals surface area (Å²) in [6.45, 7) is 2.11. The first-order valence-corrected chi connectivity index (χ1v) is 7.82. The van der Waals surface area contributed by atoms with E-state index in [1.807, 2.05) is 18.2 Å². The number of fused-ring (bicyclic) bond motifs is 1. The van der Waals surface area contributed by atoms with Crippen LogP contribution in [0.25, 0.3) is 16.7 Å². The average molecular weight is 350 g/mol. The van der Waals surface area contributed by atoms with Crippen LogP contribution in [0.2, 0.25) is 0 Å². The van der Waals surface area contributed by atoms with Crippen molar-refractivity contribution in [1.29, 1.82) is 0 Å². The first kappa shape index (κ1) is 13.7. The molecule has 0 saturated carbocycles. The number of para-hydroxylation sites is 1. The van der Waals surface area contributed by atoms with E-state index in [0.29, 0.717) is 5.88 Å². The van der Waals surface area contributed by atoms with E-state index >= 15 is 0 Å². The summed E-state index contributed by atoms with van der Waals surface area (Å²) in [5.74, 6) is 1.57. The van der Waals surface area contributed by atoms with Crippen molar-refractivity contribution in [3.05, 3.63) is 58.3 Å². The van der Waals surface area contributed by atoms with Crippen LogP contribution in [0.15, 0.2) is 46.9 Å². The Bertz CT molecular complexity index is 747. The third-order valence-electron chi connectivity index (χ3n) is 3.35. The second-order valence-corrected chi connectivity index (χ2v) is 6.02. The van der Waals surface area contributed by atoms with Crippen LogP contribution in [0.4, 0.5) is 0 Å². The summed E-state index contributed by atoms with van der Waals surface area (Å²) >= 11 is 9.40. The normalized spacial score (nSPS) is 11.2. The van der Waals surface area contributed by atoms with Crippen LogP contribution in [0.1, 0.15) is 11.4 Å². The van der Waals surface area contributed by atoms with Crippen LogP contribution < -0.4 is 0 Å². The lowest BCUT2D eigenvalue weighted by Gasteiger charge is -2.10. The van der Waals surface area contributed by atoms with E-state index in [0.717, 1.165) is 33.4 Å². The Labute approximate surface area is 131 Å². The number of hydrogen-bond donors (Lipinski definition) is 0. The number of aromatic nitrogens is 2. The van der Waals surface area contributed by atoms with Crippen molar-refractivity contribution in [3.63, 3.8) is 0 Å². The molecule has 102 valence electrons. The van der Waals surface area contributed by atoms with Gasteiger partial charge in [-0.25, -0.2) is 4.98 Å². The Kier molecular flexibility index (Phi) is 3.81. The molecule has 2 nitrogen and oxygen atoms in total. The highest BCUT2D eigenvalue weighted by Gasteiger charge is 2.13. The third-order valence-corrected chi connectivity index (χ3v) is 4.07. The zero-order chi connectivity index (χ0) is 14.1. The fraction of sp³-hybridized carbons (Fsp3) is 0.188. The van der Waals surface area contributed by atoms with Gasteiger partial charge in [0.1, 0.15) is 5.82 Å². The van der Waals surface area contributed by atoms with E-state index in [2.05, 4.69) is 51.7 Å². The van der Waals surface area contributed by atoms with Crippen LogP contribution in [0, 0.1) is 6.92 Å². The maximum atomic E-state index is 5.93. The van der Waals surface area contributed by atoms with Gasteiger partial charge in [0, 0.05) is 22.5 Å². The fourth-order valence-corrected chi connectivity index (χ4v) is 2.90. The highest BCUT2D eigenvalue weighted by atomic mass is 79.9. The molecule has 0 bridgehead atoms. The van der Waals surface area contributed by atoms with Crippen molar-refractivity contribution in [3.8, 4) is 5.69 Å². The van der Waals surface area contributed by atoms with Gasteiger partial charge in [-0.15, -0.1) is 11.6 Å². The molecule has 0 N–H and O–H groups in total. The van der Waals surface area contributed by atoms with Gasteiger partial charge in [-0.05, 0) is 42.8 Å². The van der Waals surface area contributed by atoms with Crippen LogP contribution in [0.5, 0.6) is 0 Å². The number of halogens is 2. The number of benzene rings is 2. The molecular weight excluding hydrogens is 336 g/mol. The van der Waals surface area contributed by atoms with Gasteiger partial charge in [0.2, 0.25) is 0 Å². The van der Waals surface area contributed by atoms with Gasteiger partial charge in [-0.1, -0.05) is 28.1 Å². The summed E-state index contributed by atoms with van der Waals surface area (Å²) in [5.41, 5.74) is 4.52. The van der Waals surface area contributed by atoms with Crippen LogP contribution in [0.3, 0.4) is 0 Å². The largest absolute Gasteiger partial charge is 0.296 e. The summed E-state index contributed by atoms with van der Waals surface area (Å²) < 4.78 is 3.28. The fourth-order valence-electron chi connectivity index (χ4n) is 2.46. The Hall–Kier alpha value is -1.32. The van der Waals surface area contributed by atoms with Crippen LogP contribution >= 0.6 is 27.5 Å². The maximum Gasteiger partial charge on any atom is 0.115 e. The van der Waals surface area contributed by atoms with Gasteiger partial charge < -0.3 is 0 Å². The van der Waals surface area contributed by atoms with Crippen molar-refractivity contribution >= 4 is 38.6 Å². The summed E-state index contributed by atoms with van der Waals surface area (Å²) in [5, 5.41) is 0. The predicted molar refractivity (Wildman–Crippen MR) is 87.9 cm³/mol. The highest BCUT2D eigenvalue weighted by molar-refractivity contribution is 9.10. The lowest BCUT2D eigenvalue weighted by atomic mass is 10.2. The molecule has 3 rings (SSSR count). The first-order valence-electron chi connectivity index (χ1n) is 6.49. The number of alkyl halides is 1. The minimum absolute atomic E-state index is 0.568. The Morgan fingerprint density at radius 1 is 1.15 bits per heavy atom. The average Bonchev–Trinajstić information content (AvgIpc) is 2.80. The predicted octanol–water partition coefficient (Wildman–Crippen LogP) is 4.88. The molecule has 4 heteroatoms. The molecule has 0 aliphatic heterocycles. The molecule has 20 heavy (non-hydrogen) atoms. The van der Waals surface area contributed by atoms with Gasteiger partial charge in [0.15, 0.2) is 0 Å². The number of imidazole rings is 1. The number of nitrogens with zero attached hydrogens (tertiary/aromatic N) is 2. The zero-order valence-electron chi connectivity index (χ0n) is 11.1. The van der Waals surface area contributed by atoms with Crippen molar-refractivity contribution in [2.24, 2.45) is 0 Å². The van der Waals surface area contributed by atoms with Gasteiger partial charge in [-0.3, -0.25) is 4.57 Å². The third kappa shape index (κ3) is 2.36. The summed E-state index contributed by atoms with van der Waals surface area (Å²) in [7, 11) is 0. The molecule has 0 aliphatic carbocycles. The van der Waals surface area contributed by atoms with E-state index in [9.17, 15) is 0 Å². The molecule has 0 atom stereocenters. The summed E-state index contributed by atoms with van der Waals surface area (Å²) in [6.07, 6.45) is 0.756. The first-order chi connectivity index (χ1) is 9.70. The molecule has 2 aromatic carbocycles. The SMILES string of the molecule is Cc1cccc2nc(CCCl)n(-c3ccc(Br)cc3)c12. The van der Waals surface area contributed by atoms with E-state index in [4.69, 9.17) is 16.6 Å².